The third-order valence-corrected chi connectivity index (χ3v) is 8.12. The Labute approximate surface area is 231 Å². The van der Waals surface area contributed by atoms with E-state index in [1.54, 1.807) is 66.6 Å². The van der Waals surface area contributed by atoms with E-state index in [4.69, 9.17) is 4.74 Å². The molecule has 0 bridgehead atoms. The molecule has 0 spiro atoms. The van der Waals surface area contributed by atoms with E-state index in [0.29, 0.717) is 40.9 Å². The van der Waals surface area contributed by atoms with Gasteiger partial charge in [-0.2, -0.15) is 12.7 Å². The summed E-state index contributed by atoms with van der Waals surface area (Å²) in [7, 11) is 0.641. The molecule has 0 atom stereocenters. The molecule has 0 aliphatic heterocycles. The monoisotopic (exact) mass is 554 g/mol. The van der Waals surface area contributed by atoms with Gasteiger partial charge in [0.05, 0.1) is 12.6 Å². The molecule has 0 aliphatic carbocycles. The highest BCUT2D eigenvalue weighted by Gasteiger charge is 2.24. The maximum atomic E-state index is 13.9. The maximum Gasteiger partial charge on any atom is 0.307 e. The minimum absolute atomic E-state index is 0.0770. The van der Waals surface area contributed by atoms with Crippen molar-refractivity contribution in [3.05, 3.63) is 71.6 Å². The van der Waals surface area contributed by atoms with Crippen molar-refractivity contribution in [2.45, 2.75) is 39.5 Å². The second-order valence-corrected chi connectivity index (χ2v) is 11.4. The summed E-state index contributed by atoms with van der Waals surface area (Å²) in [5.74, 6) is -0.155. The van der Waals surface area contributed by atoms with E-state index in [1.807, 2.05) is 0 Å². The molecule has 39 heavy (non-hydrogen) atoms. The number of amides is 2. The largest absolute Gasteiger partial charge is 0.497 e. The Kier molecular flexibility index (Phi) is 10.3. The lowest BCUT2D eigenvalue weighted by Gasteiger charge is -2.24. The van der Waals surface area contributed by atoms with E-state index in [0.717, 1.165) is 30.0 Å². The molecule has 0 aliphatic rings. The maximum absolute atomic E-state index is 13.9. The summed E-state index contributed by atoms with van der Waals surface area (Å²) in [4.78, 5) is 28.9. The molecule has 1 aromatic heterocycles. The van der Waals surface area contributed by atoms with Crippen LogP contribution in [0.3, 0.4) is 0 Å². The van der Waals surface area contributed by atoms with Crippen LogP contribution in [0.4, 0.5) is 0 Å². The number of hydrogen-bond donors (Lipinski definition) is 1. The summed E-state index contributed by atoms with van der Waals surface area (Å²) in [5.41, 5.74) is 1.41. The van der Waals surface area contributed by atoms with Crippen molar-refractivity contribution in [1.82, 2.24) is 18.5 Å². The van der Waals surface area contributed by atoms with Gasteiger partial charge in [0.25, 0.3) is 11.8 Å². The summed E-state index contributed by atoms with van der Waals surface area (Å²) in [6, 6.07) is 13.7. The number of nitrogens with zero attached hydrogens (tertiary/aromatic N) is 3. The Morgan fingerprint density at radius 1 is 0.974 bits per heavy atom. The summed E-state index contributed by atoms with van der Waals surface area (Å²) in [6.45, 7) is 5.24. The Bertz CT molecular complexity index is 1420. The van der Waals surface area contributed by atoms with Crippen molar-refractivity contribution < 1.29 is 22.7 Å². The first-order valence-corrected chi connectivity index (χ1v) is 14.5. The van der Waals surface area contributed by atoms with Crippen LogP contribution < -0.4 is 10.1 Å². The molecule has 0 fully saturated rings. The van der Waals surface area contributed by atoms with Gasteiger partial charge in [-0.15, -0.1) is 0 Å². The molecule has 3 aromatic rings. The number of ether oxygens (including phenoxy) is 1. The average Bonchev–Trinajstić information content (AvgIpc) is 3.31. The summed E-state index contributed by atoms with van der Waals surface area (Å²) < 4.78 is 33.6. The zero-order valence-electron chi connectivity index (χ0n) is 23.3. The fraction of sp³-hybridized carbons (Fsp3) is 0.379. The first-order valence-electron chi connectivity index (χ1n) is 13.1. The number of unbranched alkanes of at least 4 members (excludes halogenated alkanes) is 2. The van der Waals surface area contributed by atoms with Gasteiger partial charge in [0.15, 0.2) is 0 Å². The normalized spacial score (nSPS) is 12.1. The van der Waals surface area contributed by atoms with Crippen LogP contribution in [0, 0.1) is 0 Å². The van der Waals surface area contributed by atoms with Gasteiger partial charge in [0, 0.05) is 49.9 Å². The molecule has 1 N–H and O–H groups in total. The number of carbonyl (C=O) groups is 2. The quantitative estimate of drug-likeness (QED) is 0.314. The lowest BCUT2D eigenvalue weighted by atomic mass is 10.1. The van der Waals surface area contributed by atoms with Gasteiger partial charge in [-0.05, 0) is 49.2 Å². The number of para-hydroxylation sites is 1. The molecule has 10 heteroatoms. The molecule has 0 radical (unpaired) electrons. The van der Waals surface area contributed by atoms with Crippen LogP contribution in [0.15, 0.2) is 60.4 Å². The molecule has 3 rings (SSSR count). The lowest BCUT2D eigenvalue weighted by Crippen LogP contribution is -2.39. The summed E-state index contributed by atoms with van der Waals surface area (Å²) >= 11 is 0. The highest BCUT2D eigenvalue weighted by molar-refractivity contribution is 7.87. The van der Waals surface area contributed by atoms with Crippen molar-refractivity contribution in [2.75, 3.05) is 34.3 Å². The van der Waals surface area contributed by atoms with Crippen molar-refractivity contribution in [3.8, 4) is 5.75 Å². The SMILES string of the molecule is CCCCN(CCCC)C(=O)/C(=C/c1cn(S(=O)(=O)N(C)C)c2ccccc12)NC(=O)c1ccc(OC)cc1. The molecule has 1 heterocycles. The van der Waals surface area contributed by atoms with Crippen LogP contribution in [-0.2, 0) is 15.0 Å². The standard InChI is InChI=1S/C29H38N4O5S/c1-6-8-18-32(19-9-7-2)29(35)26(30-28(34)22-14-16-24(38-5)17-15-22)20-23-21-33(39(36,37)31(3)4)27-13-11-10-12-25(23)27/h10-17,20-21H,6-9,18-19H2,1-5H3,(H,30,34)/b26-20-. The zero-order valence-corrected chi connectivity index (χ0v) is 24.1. The lowest BCUT2D eigenvalue weighted by molar-refractivity contribution is -0.127. The van der Waals surface area contributed by atoms with E-state index >= 15 is 0 Å². The third-order valence-electron chi connectivity index (χ3n) is 6.40. The van der Waals surface area contributed by atoms with E-state index in [1.165, 1.54) is 24.3 Å². The second-order valence-electron chi connectivity index (χ2n) is 9.43. The highest BCUT2D eigenvalue weighted by atomic mass is 32.2. The number of methoxy groups -OCH3 is 1. The number of benzene rings is 2. The van der Waals surface area contributed by atoms with E-state index in [-0.39, 0.29) is 11.6 Å². The van der Waals surface area contributed by atoms with Crippen LogP contribution in [-0.4, -0.2) is 67.7 Å². The smallest absolute Gasteiger partial charge is 0.307 e. The molecular formula is C29H38N4O5S. The fourth-order valence-corrected chi connectivity index (χ4v) is 5.09. The number of carbonyl (C=O) groups excluding carboxylic acids is 2. The molecule has 2 amide bonds. The molecule has 0 saturated carbocycles. The van der Waals surface area contributed by atoms with Crippen molar-refractivity contribution >= 4 is 39.0 Å². The molecule has 0 saturated heterocycles. The fourth-order valence-electron chi connectivity index (χ4n) is 4.08. The van der Waals surface area contributed by atoms with E-state index in [2.05, 4.69) is 19.2 Å². The Morgan fingerprint density at radius 3 is 2.15 bits per heavy atom. The first-order chi connectivity index (χ1) is 18.6. The van der Waals surface area contributed by atoms with Crippen molar-refractivity contribution in [2.24, 2.45) is 0 Å². The average molecular weight is 555 g/mol. The topological polar surface area (TPSA) is 101 Å². The van der Waals surface area contributed by atoms with Crippen LogP contribution in [0.5, 0.6) is 5.75 Å². The summed E-state index contributed by atoms with van der Waals surface area (Å²) in [6.07, 6.45) is 6.55. The van der Waals surface area contributed by atoms with Gasteiger partial charge in [0.2, 0.25) is 0 Å². The minimum Gasteiger partial charge on any atom is -0.497 e. The molecule has 2 aromatic carbocycles. The van der Waals surface area contributed by atoms with Crippen LogP contribution in [0.2, 0.25) is 0 Å². The molecule has 9 nitrogen and oxygen atoms in total. The van der Waals surface area contributed by atoms with Crippen LogP contribution >= 0.6 is 0 Å². The van der Waals surface area contributed by atoms with Crippen LogP contribution in [0.1, 0.15) is 55.5 Å². The Hall–Kier alpha value is -3.63. The van der Waals surface area contributed by atoms with Gasteiger partial charge in [0.1, 0.15) is 11.4 Å². The second kappa shape index (κ2) is 13.4. The number of nitrogens with one attached hydrogen (secondary N) is 1. The van der Waals surface area contributed by atoms with Gasteiger partial charge in [-0.1, -0.05) is 44.9 Å². The van der Waals surface area contributed by atoms with Gasteiger partial charge in [-0.3, -0.25) is 9.59 Å². The predicted octanol–water partition coefficient (Wildman–Crippen LogP) is 4.50. The number of rotatable bonds is 13. The third kappa shape index (κ3) is 7.07. The highest BCUT2D eigenvalue weighted by Crippen LogP contribution is 2.26. The van der Waals surface area contributed by atoms with Gasteiger partial charge in [-0.25, -0.2) is 3.97 Å². The molecule has 0 unspecified atom stereocenters. The molecular weight excluding hydrogens is 516 g/mol. The van der Waals surface area contributed by atoms with Crippen molar-refractivity contribution in [3.63, 3.8) is 0 Å². The first kappa shape index (κ1) is 29.9. The Balaban J connectivity index is 2.13. The van der Waals surface area contributed by atoms with Crippen molar-refractivity contribution in [1.29, 1.82) is 0 Å². The number of hydrogen-bond acceptors (Lipinski definition) is 5. The zero-order chi connectivity index (χ0) is 28.6. The molecule has 210 valence electrons. The minimum atomic E-state index is -3.83. The summed E-state index contributed by atoms with van der Waals surface area (Å²) in [5, 5.41) is 3.45. The number of fused-ring (bicyclic) bond motifs is 1. The van der Waals surface area contributed by atoms with Crippen LogP contribution in [0.25, 0.3) is 17.0 Å². The van der Waals surface area contributed by atoms with E-state index in [9.17, 15) is 18.0 Å². The Morgan fingerprint density at radius 2 is 1.59 bits per heavy atom. The predicted molar refractivity (Wildman–Crippen MR) is 155 cm³/mol. The van der Waals surface area contributed by atoms with E-state index < -0.39 is 16.1 Å². The number of aromatic nitrogens is 1. The van der Waals surface area contributed by atoms with Gasteiger partial charge < -0.3 is 15.0 Å². The van der Waals surface area contributed by atoms with Gasteiger partial charge >= 0.3 is 10.2 Å².